The zero-order valence-corrected chi connectivity index (χ0v) is 20.0. The number of aromatic nitrogens is 2. The molecule has 0 spiro atoms. The van der Waals surface area contributed by atoms with Crippen molar-refractivity contribution in [3.63, 3.8) is 0 Å². The molecular formula is C26H25ClN4O4. The van der Waals surface area contributed by atoms with Crippen LogP contribution in [0.5, 0.6) is 17.2 Å². The van der Waals surface area contributed by atoms with E-state index in [1.54, 1.807) is 18.2 Å². The van der Waals surface area contributed by atoms with Gasteiger partial charge in [-0.3, -0.25) is 0 Å². The topological polar surface area (TPSA) is 94.6 Å². The van der Waals surface area contributed by atoms with Gasteiger partial charge in [-0.1, -0.05) is 17.7 Å². The van der Waals surface area contributed by atoms with Gasteiger partial charge in [-0.2, -0.15) is 0 Å². The van der Waals surface area contributed by atoms with E-state index in [1.165, 1.54) is 26.3 Å². The van der Waals surface area contributed by atoms with Gasteiger partial charge in [0.1, 0.15) is 35.2 Å². The quantitative estimate of drug-likeness (QED) is 0.379. The van der Waals surface area contributed by atoms with Crippen LogP contribution in [0.1, 0.15) is 24.8 Å². The van der Waals surface area contributed by atoms with Crippen LogP contribution < -0.4 is 20.1 Å². The fraction of sp³-hybridized carbons (Fsp3) is 0.269. The monoisotopic (exact) mass is 492 g/mol. The number of hydrogen-bond acceptors (Lipinski definition) is 8. The van der Waals surface area contributed by atoms with Crippen molar-refractivity contribution in [2.75, 3.05) is 30.9 Å². The van der Waals surface area contributed by atoms with Crippen LogP contribution in [0.25, 0.3) is 6.08 Å². The number of rotatable bonds is 8. The summed E-state index contributed by atoms with van der Waals surface area (Å²) in [5.41, 5.74) is 1.92. The maximum atomic E-state index is 12.1. The number of halogens is 1. The molecule has 0 bridgehead atoms. The predicted molar refractivity (Wildman–Crippen MR) is 135 cm³/mol. The maximum Gasteiger partial charge on any atom is 0.333 e. The molecule has 9 heteroatoms. The average Bonchev–Trinajstić information content (AvgIpc) is 3.71. The lowest BCUT2D eigenvalue weighted by Crippen LogP contribution is -2.08. The van der Waals surface area contributed by atoms with E-state index in [4.69, 9.17) is 25.8 Å². The van der Waals surface area contributed by atoms with Crippen LogP contribution in [-0.4, -0.2) is 36.2 Å². The van der Waals surface area contributed by atoms with Crippen LogP contribution in [0.4, 0.5) is 17.3 Å². The third-order valence-corrected chi connectivity index (χ3v) is 6.04. The van der Waals surface area contributed by atoms with Crippen molar-refractivity contribution in [3.05, 3.63) is 65.0 Å². The number of carbonyl (C=O) groups excluding carboxylic acids is 1. The zero-order valence-electron chi connectivity index (χ0n) is 19.2. The first-order valence-electron chi connectivity index (χ1n) is 11.4. The number of hydrogen-bond donors (Lipinski definition) is 2. The molecule has 0 saturated heterocycles. The molecule has 0 radical (unpaired) electrons. The van der Waals surface area contributed by atoms with Gasteiger partial charge in [-0.25, -0.2) is 14.8 Å². The highest BCUT2D eigenvalue weighted by Crippen LogP contribution is 2.36. The van der Waals surface area contributed by atoms with Crippen molar-refractivity contribution < 1.29 is 19.0 Å². The molecule has 0 amide bonds. The Bertz CT molecular complexity index is 1280. The second-order valence-corrected chi connectivity index (χ2v) is 8.83. The average molecular weight is 493 g/mol. The first-order chi connectivity index (χ1) is 17.1. The van der Waals surface area contributed by atoms with E-state index in [1.807, 2.05) is 30.3 Å². The van der Waals surface area contributed by atoms with Gasteiger partial charge in [0.25, 0.3) is 0 Å². The normalized spacial score (nSPS) is 14.6. The van der Waals surface area contributed by atoms with E-state index in [0.29, 0.717) is 63.9 Å². The lowest BCUT2D eigenvalue weighted by Gasteiger charge is -2.14. The Morgan fingerprint density at radius 2 is 2.03 bits per heavy atom. The number of nitrogens with one attached hydrogen (secondary N) is 2. The molecule has 0 unspecified atom stereocenters. The molecule has 0 atom stereocenters. The van der Waals surface area contributed by atoms with E-state index in [0.717, 1.165) is 12.4 Å². The molecule has 2 aromatic carbocycles. The molecule has 35 heavy (non-hydrogen) atoms. The Morgan fingerprint density at radius 3 is 2.83 bits per heavy atom. The van der Waals surface area contributed by atoms with Crippen molar-refractivity contribution in [2.45, 2.75) is 19.3 Å². The van der Waals surface area contributed by atoms with Gasteiger partial charge in [0.05, 0.1) is 24.3 Å². The first kappa shape index (κ1) is 23.0. The van der Waals surface area contributed by atoms with Crippen LogP contribution in [0.2, 0.25) is 5.02 Å². The number of ether oxygens (including phenoxy) is 3. The Balaban J connectivity index is 1.33. The van der Waals surface area contributed by atoms with Gasteiger partial charge in [-0.05, 0) is 61.6 Å². The molecule has 2 N–H and O–H groups in total. The second-order valence-electron chi connectivity index (χ2n) is 8.42. The van der Waals surface area contributed by atoms with Gasteiger partial charge in [0.2, 0.25) is 0 Å². The number of anilines is 3. The van der Waals surface area contributed by atoms with Gasteiger partial charge >= 0.3 is 5.97 Å². The summed E-state index contributed by atoms with van der Waals surface area (Å²) in [7, 11) is 1.37. The highest BCUT2D eigenvalue weighted by molar-refractivity contribution is 6.32. The summed E-state index contributed by atoms with van der Waals surface area (Å²) >= 11 is 6.53. The molecule has 3 aromatic rings. The summed E-state index contributed by atoms with van der Waals surface area (Å²) in [5.74, 6) is 3.42. The lowest BCUT2D eigenvalue weighted by molar-refractivity contribution is -0.136. The third-order valence-electron chi connectivity index (χ3n) is 5.75. The van der Waals surface area contributed by atoms with E-state index in [2.05, 4.69) is 20.6 Å². The van der Waals surface area contributed by atoms with Gasteiger partial charge in [0, 0.05) is 23.9 Å². The summed E-state index contributed by atoms with van der Waals surface area (Å²) in [6, 6.07) is 12.9. The number of methoxy groups -OCH3 is 1. The predicted octanol–water partition coefficient (Wildman–Crippen LogP) is 5.83. The number of benzene rings is 2. The van der Waals surface area contributed by atoms with Crippen molar-refractivity contribution in [1.82, 2.24) is 9.97 Å². The highest BCUT2D eigenvalue weighted by atomic mass is 35.5. The van der Waals surface area contributed by atoms with Crippen molar-refractivity contribution in [3.8, 4) is 17.2 Å². The number of fused-ring (bicyclic) bond motifs is 1. The second kappa shape index (κ2) is 10.2. The van der Waals surface area contributed by atoms with Gasteiger partial charge < -0.3 is 24.8 Å². The van der Waals surface area contributed by atoms with Crippen LogP contribution in [0.3, 0.4) is 0 Å². The van der Waals surface area contributed by atoms with Crippen molar-refractivity contribution >= 4 is 41.0 Å². The molecule has 5 rings (SSSR count). The maximum absolute atomic E-state index is 12.1. The molecule has 1 saturated carbocycles. The lowest BCUT2D eigenvalue weighted by atomic mass is 10.1. The summed E-state index contributed by atoms with van der Waals surface area (Å²) in [6.07, 6.45) is 6.21. The molecule has 1 aliphatic carbocycles. The standard InChI is InChI=1S/C26H25ClN4O4/c1-33-26(32)17-9-10-28-24-21(11-17)25(30-15-29-24)31-18-7-8-23(22(27)12-18)35-20-4-2-3-19(13-20)34-14-16-5-6-16/h2-4,7-8,11-13,15-16H,5-6,9-10,14H2,1H3,(H2,28,29,30,31). The molecule has 1 fully saturated rings. The first-order valence-corrected chi connectivity index (χ1v) is 11.8. The number of carbonyl (C=O) groups is 1. The van der Waals surface area contributed by atoms with Crippen LogP contribution in [0, 0.1) is 5.92 Å². The van der Waals surface area contributed by atoms with E-state index in [-0.39, 0.29) is 5.97 Å². The molecular weight excluding hydrogens is 468 g/mol. The minimum Gasteiger partial charge on any atom is -0.493 e. The Labute approximate surface area is 208 Å². The molecule has 8 nitrogen and oxygen atoms in total. The van der Waals surface area contributed by atoms with Crippen molar-refractivity contribution in [2.24, 2.45) is 5.92 Å². The summed E-state index contributed by atoms with van der Waals surface area (Å²) in [4.78, 5) is 20.8. The number of esters is 1. The molecule has 2 heterocycles. The fourth-order valence-electron chi connectivity index (χ4n) is 3.68. The smallest absolute Gasteiger partial charge is 0.333 e. The minimum absolute atomic E-state index is 0.374. The van der Waals surface area contributed by atoms with Crippen LogP contribution in [0.15, 0.2) is 54.4 Å². The van der Waals surface area contributed by atoms with E-state index >= 15 is 0 Å². The molecule has 180 valence electrons. The summed E-state index contributed by atoms with van der Waals surface area (Å²) < 4.78 is 16.7. The molecule has 1 aliphatic heterocycles. The molecule has 2 aliphatic rings. The minimum atomic E-state index is -0.374. The number of nitrogens with zero attached hydrogens (tertiary/aromatic N) is 2. The van der Waals surface area contributed by atoms with Crippen LogP contribution >= 0.6 is 11.6 Å². The van der Waals surface area contributed by atoms with E-state index in [9.17, 15) is 4.79 Å². The third kappa shape index (κ3) is 5.66. The fourth-order valence-corrected chi connectivity index (χ4v) is 3.90. The van der Waals surface area contributed by atoms with Gasteiger partial charge in [-0.15, -0.1) is 0 Å². The summed E-state index contributed by atoms with van der Waals surface area (Å²) in [5, 5.41) is 6.92. The molecule has 1 aromatic heterocycles. The van der Waals surface area contributed by atoms with Crippen LogP contribution in [-0.2, 0) is 9.53 Å². The van der Waals surface area contributed by atoms with Gasteiger partial charge in [0.15, 0.2) is 0 Å². The van der Waals surface area contributed by atoms with E-state index < -0.39 is 0 Å². The summed E-state index contributed by atoms with van der Waals surface area (Å²) in [6.45, 7) is 1.30. The largest absolute Gasteiger partial charge is 0.493 e. The van der Waals surface area contributed by atoms with Crippen molar-refractivity contribution in [1.29, 1.82) is 0 Å². The Morgan fingerprint density at radius 1 is 1.17 bits per heavy atom. The zero-order chi connectivity index (χ0) is 24.2. The SMILES string of the molecule is COC(=O)C1=Cc2c(ncnc2Nc2ccc(Oc3cccc(OCC4CC4)c3)c(Cl)c2)NCC1. The highest BCUT2D eigenvalue weighted by Gasteiger charge is 2.22. The Kier molecular flexibility index (Phi) is 6.72. The Hall–Kier alpha value is -3.78.